The summed E-state index contributed by atoms with van der Waals surface area (Å²) in [6.45, 7) is 5.45. The zero-order valence-electron chi connectivity index (χ0n) is 18.0. The van der Waals surface area contributed by atoms with Gasteiger partial charge in [0.2, 0.25) is 0 Å². The van der Waals surface area contributed by atoms with Crippen molar-refractivity contribution >= 4 is 12.1 Å². The van der Waals surface area contributed by atoms with Crippen molar-refractivity contribution in [3.05, 3.63) is 65.7 Å². The third-order valence-corrected chi connectivity index (χ3v) is 4.15. The molecule has 1 N–H and O–H groups in total. The Morgan fingerprint density at radius 3 is 2.13 bits per heavy atom. The molecule has 2 aromatic rings. The van der Waals surface area contributed by atoms with E-state index in [1.165, 1.54) is 7.11 Å². The molecule has 0 bridgehead atoms. The van der Waals surface area contributed by atoms with Crippen LogP contribution in [0.15, 0.2) is 54.6 Å². The third kappa shape index (κ3) is 7.08. The lowest BCUT2D eigenvalue weighted by Gasteiger charge is -2.28. The van der Waals surface area contributed by atoms with Crippen molar-refractivity contribution < 1.29 is 28.5 Å². The minimum absolute atomic E-state index is 0.215. The third-order valence-electron chi connectivity index (χ3n) is 4.15. The van der Waals surface area contributed by atoms with Crippen molar-refractivity contribution in [3.63, 3.8) is 0 Å². The molecule has 2 atom stereocenters. The fourth-order valence-electron chi connectivity index (χ4n) is 2.76. The Labute approximate surface area is 177 Å². The SMILES string of the molecule is COC(=O)C(NC(=O)OC(C)(C)C)C(OCc1ccc(OC)cc1)c1ccccc1. The predicted molar refractivity (Wildman–Crippen MR) is 112 cm³/mol. The Morgan fingerprint density at radius 2 is 1.60 bits per heavy atom. The number of hydrogen-bond donors (Lipinski definition) is 1. The lowest BCUT2D eigenvalue weighted by Crippen LogP contribution is -2.48. The quantitative estimate of drug-likeness (QED) is 0.656. The van der Waals surface area contributed by atoms with Crippen LogP contribution in [0, 0.1) is 0 Å². The van der Waals surface area contributed by atoms with Crippen molar-refractivity contribution in [3.8, 4) is 5.75 Å². The standard InChI is InChI=1S/C23H29NO6/c1-23(2,3)30-22(26)24-19(21(25)28-5)20(17-9-7-6-8-10-17)29-15-16-11-13-18(27-4)14-12-16/h6-14,19-20H,15H2,1-5H3,(H,24,26). The summed E-state index contributed by atoms with van der Waals surface area (Å²) in [5, 5.41) is 2.60. The van der Waals surface area contributed by atoms with Gasteiger partial charge in [-0.1, -0.05) is 42.5 Å². The van der Waals surface area contributed by atoms with Crippen molar-refractivity contribution in [1.29, 1.82) is 0 Å². The van der Waals surface area contributed by atoms with E-state index in [-0.39, 0.29) is 6.61 Å². The summed E-state index contributed by atoms with van der Waals surface area (Å²) in [5.74, 6) is 0.0989. The number of ether oxygens (including phenoxy) is 4. The van der Waals surface area contributed by atoms with E-state index in [1.54, 1.807) is 27.9 Å². The van der Waals surface area contributed by atoms with Crippen LogP contribution in [0.1, 0.15) is 38.0 Å². The van der Waals surface area contributed by atoms with Crippen LogP contribution in [0.3, 0.4) is 0 Å². The summed E-state index contributed by atoms with van der Waals surface area (Å²) >= 11 is 0. The summed E-state index contributed by atoms with van der Waals surface area (Å²) < 4.78 is 21.5. The number of amides is 1. The van der Waals surface area contributed by atoms with Crippen molar-refractivity contribution in [1.82, 2.24) is 5.32 Å². The molecule has 0 aliphatic carbocycles. The molecule has 2 aromatic carbocycles. The van der Waals surface area contributed by atoms with Crippen LogP contribution < -0.4 is 10.1 Å². The topological polar surface area (TPSA) is 83.1 Å². The number of alkyl carbamates (subject to hydrolysis) is 1. The highest BCUT2D eigenvalue weighted by Crippen LogP contribution is 2.25. The molecule has 0 heterocycles. The summed E-state index contributed by atoms with van der Waals surface area (Å²) in [7, 11) is 2.86. The number of nitrogens with one attached hydrogen (secondary N) is 1. The van der Waals surface area contributed by atoms with Gasteiger partial charge >= 0.3 is 12.1 Å². The van der Waals surface area contributed by atoms with Gasteiger partial charge in [0.1, 0.15) is 17.5 Å². The van der Waals surface area contributed by atoms with E-state index >= 15 is 0 Å². The lowest BCUT2D eigenvalue weighted by atomic mass is 10.0. The molecule has 7 nitrogen and oxygen atoms in total. The fraction of sp³-hybridized carbons (Fsp3) is 0.391. The molecule has 0 saturated carbocycles. The van der Waals surface area contributed by atoms with Crippen LogP contribution in [0.5, 0.6) is 5.75 Å². The van der Waals surface area contributed by atoms with Crippen molar-refractivity contribution in [2.75, 3.05) is 14.2 Å². The van der Waals surface area contributed by atoms with Gasteiger partial charge in [0, 0.05) is 0 Å². The maximum absolute atomic E-state index is 12.5. The lowest BCUT2D eigenvalue weighted by molar-refractivity contribution is -0.148. The molecule has 0 aliphatic rings. The summed E-state index contributed by atoms with van der Waals surface area (Å²) in [5.41, 5.74) is 0.895. The van der Waals surface area contributed by atoms with Crippen LogP contribution in [-0.4, -0.2) is 37.9 Å². The Hall–Kier alpha value is -3.06. The molecule has 2 unspecified atom stereocenters. The van der Waals surface area contributed by atoms with Gasteiger partial charge in [0.05, 0.1) is 20.8 Å². The van der Waals surface area contributed by atoms with Crippen LogP contribution in [0.25, 0.3) is 0 Å². The Bertz CT molecular complexity index is 814. The maximum atomic E-state index is 12.5. The second-order valence-corrected chi connectivity index (χ2v) is 7.64. The summed E-state index contributed by atoms with van der Waals surface area (Å²) in [6.07, 6.45) is -1.51. The van der Waals surface area contributed by atoms with E-state index in [2.05, 4.69) is 5.32 Å². The van der Waals surface area contributed by atoms with Gasteiger partial charge < -0.3 is 24.3 Å². The molecule has 0 radical (unpaired) electrons. The van der Waals surface area contributed by atoms with E-state index < -0.39 is 29.8 Å². The summed E-state index contributed by atoms with van der Waals surface area (Å²) in [6, 6.07) is 15.5. The average Bonchev–Trinajstić information content (AvgIpc) is 2.72. The highest BCUT2D eigenvalue weighted by atomic mass is 16.6. The van der Waals surface area contributed by atoms with Gasteiger partial charge in [0.15, 0.2) is 6.04 Å². The summed E-state index contributed by atoms with van der Waals surface area (Å²) in [4.78, 5) is 24.9. The highest BCUT2D eigenvalue weighted by Gasteiger charge is 2.34. The molecule has 1 amide bonds. The Morgan fingerprint density at radius 1 is 0.967 bits per heavy atom. The first-order valence-electron chi connectivity index (χ1n) is 9.60. The molecule has 7 heteroatoms. The molecule has 30 heavy (non-hydrogen) atoms. The van der Waals surface area contributed by atoms with Gasteiger partial charge in [-0.15, -0.1) is 0 Å². The molecule has 0 aliphatic heterocycles. The minimum Gasteiger partial charge on any atom is -0.497 e. The molecule has 162 valence electrons. The molecular formula is C23H29NO6. The van der Waals surface area contributed by atoms with E-state index in [0.717, 1.165) is 16.9 Å². The number of esters is 1. The largest absolute Gasteiger partial charge is 0.497 e. The van der Waals surface area contributed by atoms with Gasteiger partial charge in [-0.2, -0.15) is 0 Å². The number of hydrogen-bond acceptors (Lipinski definition) is 6. The van der Waals surface area contributed by atoms with Crippen LogP contribution in [-0.2, 0) is 25.6 Å². The minimum atomic E-state index is -1.09. The molecular weight excluding hydrogens is 386 g/mol. The zero-order chi connectivity index (χ0) is 22.1. The maximum Gasteiger partial charge on any atom is 0.408 e. The smallest absolute Gasteiger partial charge is 0.408 e. The number of benzene rings is 2. The number of methoxy groups -OCH3 is 2. The second-order valence-electron chi connectivity index (χ2n) is 7.64. The Balaban J connectivity index is 2.26. The van der Waals surface area contributed by atoms with E-state index in [4.69, 9.17) is 18.9 Å². The molecule has 0 aromatic heterocycles. The Kier molecular flexibility index (Phi) is 8.24. The fourth-order valence-corrected chi connectivity index (χ4v) is 2.76. The molecule has 0 spiro atoms. The first-order valence-corrected chi connectivity index (χ1v) is 9.60. The van der Waals surface area contributed by atoms with Crippen LogP contribution in [0.2, 0.25) is 0 Å². The van der Waals surface area contributed by atoms with Crippen molar-refractivity contribution in [2.24, 2.45) is 0 Å². The normalized spacial score (nSPS) is 13.1. The molecule has 0 saturated heterocycles. The first-order chi connectivity index (χ1) is 14.2. The number of carbonyl (C=O) groups is 2. The zero-order valence-corrected chi connectivity index (χ0v) is 18.0. The van der Waals surface area contributed by atoms with Crippen molar-refractivity contribution in [2.45, 2.75) is 45.1 Å². The molecule has 2 rings (SSSR count). The van der Waals surface area contributed by atoms with Crippen LogP contribution >= 0.6 is 0 Å². The van der Waals surface area contributed by atoms with Gasteiger partial charge in [-0.25, -0.2) is 9.59 Å². The second kappa shape index (κ2) is 10.6. The van der Waals surface area contributed by atoms with E-state index in [0.29, 0.717) is 0 Å². The highest BCUT2D eigenvalue weighted by molar-refractivity contribution is 5.82. The van der Waals surface area contributed by atoms with Gasteiger partial charge in [-0.05, 0) is 44.0 Å². The van der Waals surface area contributed by atoms with E-state index in [1.807, 2.05) is 54.6 Å². The van der Waals surface area contributed by atoms with E-state index in [9.17, 15) is 9.59 Å². The monoisotopic (exact) mass is 415 g/mol. The van der Waals surface area contributed by atoms with Gasteiger partial charge in [0.25, 0.3) is 0 Å². The van der Waals surface area contributed by atoms with Gasteiger partial charge in [-0.3, -0.25) is 0 Å². The number of carbonyl (C=O) groups excluding carboxylic acids is 2. The average molecular weight is 415 g/mol. The molecule has 0 fully saturated rings. The van der Waals surface area contributed by atoms with Crippen LogP contribution in [0.4, 0.5) is 4.79 Å². The first kappa shape index (κ1) is 23.2. The predicted octanol–water partition coefficient (Wildman–Crippen LogP) is 4.02. The number of rotatable bonds is 8.